The quantitative estimate of drug-likeness (QED) is 0.0195. The molecule has 9 heteroatoms. The fourth-order valence-corrected chi connectivity index (χ4v) is 8.61. The molecule has 0 aromatic rings. The number of carboxylic acids is 1. The van der Waals surface area contributed by atoms with Gasteiger partial charge in [0.05, 0.1) is 40.3 Å². The van der Waals surface area contributed by atoms with Crippen molar-refractivity contribution in [1.29, 1.82) is 0 Å². The fourth-order valence-electron chi connectivity index (χ4n) is 8.61. The Morgan fingerprint density at radius 2 is 0.663 bits per heavy atom. The Morgan fingerprint density at radius 1 is 0.361 bits per heavy atom. The average molecular weight is 1150 g/mol. The van der Waals surface area contributed by atoms with Gasteiger partial charge < -0.3 is 33.3 Å². The monoisotopic (exact) mass is 1150 g/mol. The highest BCUT2D eigenvalue weighted by Gasteiger charge is 2.22. The summed E-state index contributed by atoms with van der Waals surface area (Å²) in [4.78, 5) is 37.4. The number of aliphatic carboxylic acids is 1. The molecule has 0 aromatic heterocycles. The molecular weight excluding hydrogens is 1030 g/mol. The molecule has 470 valence electrons. The molecule has 2 atom stereocenters. The molecule has 0 fully saturated rings. The van der Waals surface area contributed by atoms with Crippen molar-refractivity contribution in [3.05, 3.63) is 146 Å². The maximum atomic E-state index is 12.9. The Morgan fingerprint density at radius 3 is 1.00 bits per heavy atom. The van der Waals surface area contributed by atoms with Gasteiger partial charge >= 0.3 is 11.9 Å². The molecule has 0 saturated heterocycles. The highest BCUT2D eigenvalue weighted by Crippen LogP contribution is 2.16. The van der Waals surface area contributed by atoms with Crippen LogP contribution in [-0.2, 0) is 33.3 Å². The molecule has 2 unspecified atom stereocenters. The molecule has 0 spiro atoms. The summed E-state index contributed by atoms with van der Waals surface area (Å²) in [7, 11) is 5.90. The molecule has 0 aliphatic carbocycles. The molecule has 0 bridgehead atoms. The number of likely N-dealkylation sites (N-methyl/N-ethyl adjacent to an activating group) is 1. The van der Waals surface area contributed by atoms with Crippen LogP contribution in [0.25, 0.3) is 0 Å². The minimum absolute atomic E-state index is 0.130. The van der Waals surface area contributed by atoms with Crippen LogP contribution in [0.3, 0.4) is 0 Å². The van der Waals surface area contributed by atoms with Gasteiger partial charge in [-0.1, -0.05) is 269 Å². The zero-order valence-electron chi connectivity index (χ0n) is 53.5. The minimum atomic E-state index is -1.65. The highest BCUT2D eigenvalue weighted by molar-refractivity contribution is 5.70. The molecule has 83 heavy (non-hydrogen) atoms. The van der Waals surface area contributed by atoms with Gasteiger partial charge in [0.25, 0.3) is 0 Å². The molecule has 0 aromatic carbocycles. The Hall–Kier alpha value is -4.83. The molecule has 0 aliphatic rings. The van der Waals surface area contributed by atoms with Crippen molar-refractivity contribution >= 4 is 17.9 Å². The number of carboxylic acid groups (broad SMARTS) is 1. The summed E-state index contributed by atoms with van der Waals surface area (Å²) in [6, 6.07) is 0. The van der Waals surface area contributed by atoms with Crippen LogP contribution < -0.4 is 5.11 Å². The van der Waals surface area contributed by atoms with Crippen molar-refractivity contribution in [3.63, 3.8) is 0 Å². The van der Waals surface area contributed by atoms with E-state index in [1.54, 1.807) is 0 Å². The third-order valence-electron chi connectivity index (χ3n) is 13.6. The van der Waals surface area contributed by atoms with Gasteiger partial charge in [-0.15, -0.1) is 0 Å². The van der Waals surface area contributed by atoms with Crippen molar-refractivity contribution < 1.29 is 42.9 Å². The summed E-state index contributed by atoms with van der Waals surface area (Å²) in [6.45, 7) is 4.45. The van der Waals surface area contributed by atoms with Crippen molar-refractivity contribution in [2.45, 2.75) is 257 Å². The van der Waals surface area contributed by atoms with E-state index < -0.39 is 24.3 Å². The van der Waals surface area contributed by atoms with E-state index in [-0.39, 0.29) is 38.6 Å². The first-order chi connectivity index (χ1) is 40.6. The van der Waals surface area contributed by atoms with Crippen LogP contribution in [-0.4, -0.2) is 82.3 Å². The van der Waals surface area contributed by atoms with Gasteiger partial charge in [0.15, 0.2) is 12.4 Å². The lowest BCUT2D eigenvalue weighted by Gasteiger charge is -2.26. The van der Waals surface area contributed by atoms with Crippen molar-refractivity contribution in [3.8, 4) is 0 Å². The zero-order valence-corrected chi connectivity index (χ0v) is 53.5. The number of ether oxygens (including phenoxy) is 4. The smallest absolute Gasteiger partial charge is 0.306 e. The van der Waals surface area contributed by atoms with Gasteiger partial charge in [-0.25, -0.2) is 0 Å². The summed E-state index contributed by atoms with van der Waals surface area (Å²) in [5.41, 5.74) is 0. The number of unbranched alkanes of at least 4 members (excludes halogenated alkanes) is 20. The van der Waals surface area contributed by atoms with Gasteiger partial charge in [-0.2, -0.15) is 0 Å². The third-order valence-corrected chi connectivity index (χ3v) is 13.6. The maximum Gasteiger partial charge on any atom is 0.306 e. The van der Waals surface area contributed by atoms with Crippen LogP contribution in [0.2, 0.25) is 0 Å². The van der Waals surface area contributed by atoms with E-state index in [4.69, 9.17) is 18.9 Å². The fraction of sp³-hybridized carbons (Fsp3) is 0.635. The molecule has 0 N–H and O–H groups in total. The van der Waals surface area contributed by atoms with Crippen LogP contribution in [0.1, 0.15) is 245 Å². The molecule has 9 nitrogen and oxygen atoms in total. The largest absolute Gasteiger partial charge is 0.545 e. The van der Waals surface area contributed by atoms with E-state index in [9.17, 15) is 19.5 Å². The SMILES string of the molecule is CC/C=C\C/C=C\C/C=C\C/C=C\C/C=C\C/C=C\C/C=C\CCCC(=O)OC(COC(=O)CCCCCCCCCCCCCCCCCCCCC/C=C\C/C=C\C/C=C\C/C=C\C/C=C\CC)COC(OCC[N+](C)(C)C)C(=O)[O-]. The highest BCUT2D eigenvalue weighted by atomic mass is 16.7. The number of hydrogen-bond acceptors (Lipinski definition) is 8. The van der Waals surface area contributed by atoms with Crippen molar-refractivity contribution in [2.75, 3.05) is 47.5 Å². The first-order valence-corrected chi connectivity index (χ1v) is 33.0. The van der Waals surface area contributed by atoms with E-state index in [0.29, 0.717) is 23.9 Å². The number of hydrogen-bond donors (Lipinski definition) is 0. The van der Waals surface area contributed by atoms with Crippen LogP contribution in [0, 0.1) is 0 Å². The second-order valence-corrected chi connectivity index (χ2v) is 22.6. The number of rotatable bonds is 59. The molecule has 0 radical (unpaired) electrons. The summed E-state index contributed by atoms with van der Waals surface area (Å²) < 4.78 is 22.7. The molecule has 0 rings (SSSR count). The van der Waals surface area contributed by atoms with E-state index in [1.165, 1.54) is 109 Å². The van der Waals surface area contributed by atoms with Crippen LogP contribution >= 0.6 is 0 Å². The summed E-state index contributed by atoms with van der Waals surface area (Å²) in [6.07, 6.45) is 89.3. The van der Waals surface area contributed by atoms with Crippen molar-refractivity contribution in [2.24, 2.45) is 0 Å². The predicted molar refractivity (Wildman–Crippen MR) is 352 cm³/mol. The molecule has 0 heterocycles. The van der Waals surface area contributed by atoms with E-state index in [0.717, 1.165) is 96.3 Å². The Bertz CT molecular complexity index is 1870. The lowest BCUT2D eigenvalue weighted by molar-refractivity contribution is -0.870. The van der Waals surface area contributed by atoms with E-state index in [1.807, 2.05) is 21.1 Å². The number of quaternary nitrogens is 1. The maximum absolute atomic E-state index is 12.9. The topological polar surface area (TPSA) is 111 Å². The van der Waals surface area contributed by atoms with Crippen molar-refractivity contribution in [1.82, 2.24) is 0 Å². The first kappa shape index (κ1) is 78.2. The Labute approximate surface area is 509 Å². The average Bonchev–Trinajstić information content (AvgIpc) is 3.46. The minimum Gasteiger partial charge on any atom is -0.545 e. The van der Waals surface area contributed by atoms with E-state index in [2.05, 4.69) is 160 Å². The number of allylic oxidation sites excluding steroid dienone is 24. The van der Waals surface area contributed by atoms with Gasteiger partial charge in [0.1, 0.15) is 13.2 Å². The lowest BCUT2D eigenvalue weighted by atomic mass is 10.0. The Kier molecular flexibility index (Phi) is 59.5. The number of carbonyl (C=O) groups excluding carboxylic acids is 3. The second kappa shape index (κ2) is 63.2. The van der Waals surface area contributed by atoms with Crippen LogP contribution in [0.4, 0.5) is 0 Å². The zero-order chi connectivity index (χ0) is 60.5. The molecule has 0 aliphatic heterocycles. The molecule has 0 saturated carbocycles. The lowest BCUT2D eigenvalue weighted by Crippen LogP contribution is -2.44. The molecule has 0 amide bonds. The van der Waals surface area contributed by atoms with Gasteiger partial charge in [0, 0.05) is 12.8 Å². The number of esters is 2. The second-order valence-electron chi connectivity index (χ2n) is 22.6. The first-order valence-electron chi connectivity index (χ1n) is 33.0. The number of carbonyl (C=O) groups is 3. The molecular formula is C74H121NO8. The summed E-state index contributed by atoms with van der Waals surface area (Å²) in [5, 5.41) is 11.8. The predicted octanol–water partition coefficient (Wildman–Crippen LogP) is 19.0. The van der Waals surface area contributed by atoms with Crippen LogP contribution in [0.15, 0.2) is 146 Å². The summed E-state index contributed by atoms with van der Waals surface area (Å²) >= 11 is 0. The standard InChI is InChI=1S/C74H121NO8/c1-6-8-10-12-14-16-18-20-22-24-26-28-30-31-32-33-34-35-36-37-38-39-40-41-43-44-46-48-50-52-54-56-58-60-62-64-71(76)81-68-70(69-82-74(73(78)79)80-67-66-75(3,4)5)83-72(77)65-63-61-59-57-55-53-51-49-47-45-42-29-27-25-23-21-19-17-15-13-11-9-7-2/h8-11,14-17,20-23,26-29,31-32,45,47,51,53,57,59,70,74H,6-7,12-13,18-19,24-25,30,33-44,46,48-50,52,54-56,58,60-69H2,1-5H3/b10-8-,11-9-,16-14-,17-15-,22-20-,23-21-,28-26-,29-27-,32-31-,47-45-,53-51-,59-57-. The third kappa shape index (κ3) is 64.6. The normalized spacial score (nSPS) is 13.7. The van der Waals surface area contributed by atoms with E-state index >= 15 is 0 Å². The van der Waals surface area contributed by atoms with Gasteiger partial charge in [-0.05, 0) is 109 Å². The van der Waals surface area contributed by atoms with Crippen LogP contribution in [0.5, 0.6) is 0 Å². The Balaban J connectivity index is 4.18. The number of nitrogens with zero attached hydrogens (tertiary/aromatic N) is 1. The van der Waals surface area contributed by atoms with Gasteiger partial charge in [-0.3, -0.25) is 9.59 Å². The van der Waals surface area contributed by atoms with Gasteiger partial charge in [0.2, 0.25) is 0 Å². The summed E-state index contributed by atoms with van der Waals surface area (Å²) in [5.74, 6) is -2.37.